The van der Waals surface area contributed by atoms with Crippen LogP contribution in [0.3, 0.4) is 0 Å². The molecule has 0 aliphatic heterocycles. The van der Waals surface area contributed by atoms with Crippen LogP contribution < -0.4 is 30.4 Å². The van der Waals surface area contributed by atoms with Crippen molar-refractivity contribution in [2.24, 2.45) is 0 Å². The van der Waals surface area contributed by atoms with Crippen LogP contribution >= 0.6 is 0 Å². The van der Waals surface area contributed by atoms with E-state index in [4.69, 9.17) is 39.9 Å². The second-order valence-corrected chi connectivity index (χ2v) is 16.5. The number of alkyl halides is 10. The van der Waals surface area contributed by atoms with Crippen LogP contribution in [0, 0.1) is 11.6 Å². The van der Waals surface area contributed by atoms with Crippen LogP contribution in [0.2, 0.25) is 0 Å². The van der Waals surface area contributed by atoms with Gasteiger partial charge in [0.15, 0.2) is 0 Å². The monoisotopic (exact) mass is 1080 g/mol. The van der Waals surface area contributed by atoms with Crippen molar-refractivity contribution in [1.29, 1.82) is 0 Å². The van der Waals surface area contributed by atoms with Crippen molar-refractivity contribution in [3.8, 4) is 34.1 Å². The van der Waals surface area contributed by atoms with E-state index in [1.807, 2.05) is 0 Å². The van der Waals surface area contributed by atoms with Gasteiger partial charge in [-0.2, -0.15) is 43.9 Å². The Hall–Kier alpha value is -8.30. The molecule has 0 aliphatic rings. The molecule has 0 unspecified atom stereocenters. The van der Waals surface area contributed by atoms with Crippen LogP contribution in [-0.2, 0) is 44.5 Å². The summed E-state index contributed by atoms with van der Waals surface area (Å²) in [5, 5.41) is 0. The molecule has 4 N–H and O–H groups in total. The third-order valence-corrected chi connectivity index (χ3v) is 10.6. The molecule has 76 heavy (non-hydrogen) atoms. The van der Waals surface area contributed by atoms with E-state index in [2.05, 4.69) is 0 Å². The highest BCUT2D eigenvalue weighted by Gasteiger charge is 2.39. The van der Waals surface area contributed by atoms with Crippen LogP contribution in [-0.4, -0.2) is 37.5 Å². The zero-order valence-corrected chi connectivity index (χ0v) is 39.5. The van der Waals surface area contributed by atoms with Gasteiger partial charge >= 0.3 is 36.5 Å². The third-order valence-electron chi connectivity index (χ3n) is 10.6. The van der Waals surface area contributed by atoms with Crippen LogP contribution in [0.5, 0.6) is 23.0 Å². The fourth-order valence-electron chi connectivity index (χ4n) is 6.98. The lowest BCUT2D eigenvalue weighted by Gasteiger charge is -2.19. The summed E-state index contributed by atoms with van der Waals surface area (Å²) < 4.78 is 194. The molecule has 10 nitrogen and oxygen atoms in total. The number of nitrogen functional groups attached to an aromatic ring is 2. The quantitative estimate of drug-likeness (QED) is 0.0209. The van der Waals surface area contributed by atoms with E-state index in [1.165, 1.54) is 36.4 Å². The Balaban J connectivity index is 1.00. The van der Waals surface area contributed by atoms with Gasteiger partial charge in [0.2, 0.25) is 0 Å². The molecule has 0 saturated carbocycles. The van der Waals surface area contributed by atoms with Crippen LogP contribution in [0.4, 0.5) is 64.1 Å². The van der Waals surface area contributed by atoms with E-state index in [9.17, 15) is 62.3 Å². The number of hydrogen-bond donors (Lipinski definition) is 2. The van der Waals surface area contributed by atoms with E-state index in [-0.39, 0.29) is 36.2 Å². The van der Waals surface area contributed by atoms with Crippen LogP contribution in [0.25, 0.3) is 23.3 Å². The average molecular weight is 1080 g/mol. The van der Waals surface area contributed by atoms with Gasteiger partial charge in [-0.3, -0.25) is 0 Å². The van der Waals surface area contributed by atoms with Gasteiger partial charge in [-0.25, -0.2) is 18.4 Å². The Morgan fingerprint density at radius 3 is 1.16 bits per heavy atom. The lowest BCUT2D eigenvalue weighted by molar-refractivity contribution is -0.188. The summed E-state index contributed by atoms with van der Waals surface area (Å²) in [6.45, 7) is -1.41. The summed E-state index contributed by atoms with van der Waals surface area (Å²) in [5.41, 5.74) is 13.2. The molecule has 0 radical (unpaired) electrons. The molecular formula is C54H44F12N2O8. The smallest absolute Gasteiger partial charge is 0.429 e. The Morgan fingerprint density at radius 1 is 0.461 bits per heavy atom. The number of benzene rings is 6. The molecule has 0 amide bonds. The zero-order valence-electron chi connectivity index (χ0n) is 39.5. The number of rotatable bonds is 23. The Morgan fingerprint density at radius 2 is 0.816 bits per heavy atom. The topological polar surface area (TPSA) is 142 Å². The second kappa shape index (κ2) is 24.8. The van der Waals surface area contributed by atoms with Crippen molar-refractivity contribution >= 4 is 35.5 Å². The van der Waals surface area contributed by atoms with Crippen molar-refractivity contribution in [2.75, 3.05) is 24.7 Å². The number of nitrogens with two attached hydrogens (primary N) is 2. The Kier molecular flexibility index (Phi) is 18.6. The molecule has 6 aromatic rings. The fraction of sp³-hybridized carbons (Fsp3) is 0.222. The molecule has 0 aliphatic carbocycles. The number of esters is 2. The van der Waals surface area contributed by atoms with Crippen molar-refractivity contribution in [1.82, 2.24) is 0 Å². The molecule has 0 fully saturated rings. The standard InChI is InChI=1S/C54H44F12N2O8/c55-47-29-41(71-25-1-23-51(57,58)59)15-19-45(47)53(63,64)75-39-11-3-33(4-12-39)7-21-49(69)73-31-35-27-37(67)9-17-43(35)44-18-10-38(68)28-36(44)32-74-50(70)22-8-34-5-13-40(14-6-34)76-54(65,66)46-20-16-42(30-48(46)56)72-26-2-24-52(60,61)62/h3-22,27-30H,1-2,23-26,31-32,67-68H2/b21-7+,22-8+. The Bertz CT molecular complexity index is 2810. The summed E-state index contributed by atoms with van der Waals surface area (Å²) >= 11 is 0. The molecule has 0 atom stereocenters. The molecule has 0 saturated heterocycles. The maximum Gasteiger partial charge on any atom is 0.429 e. The molecule has 6 aromatic carbocycles. The fourth-order valence-corrected chi connectivity index (χ4v) is 6.98. The van der Waals surface area contributed by atoms with E-state index < -0.39 is 98.2 Å². The van der Waals surface area contributed by atoms with Gasteiger partial charge in [0, 0.05) is 48.5 Å². The predicted octanol–water partition coefficient (Wildman–Crippen LogP) is 14.0. The number of anilines is 2. The average Bonchev–Trinajstić information content (AvgIpc) is 3.34. The largest absolute Gasteiger partial charge is 0.493 e. The first-order chi connectivity index (χ1) is 35.8. The first-order valence-corrected chi connectivity index (χ1v) is 22.6. The van der Waals surface area contributed by atoms with Gasteiger partial charge in [0.25, 0.3) is 0 Å². The highest BCUT2D eigenvalue weighted by molar-refractivity contribution is 5.88. The van der Waals surface area contributed by atoms with Gasteiger partial charge in [-0.15, -0.1) is 0 Å². The number of ether oxygens (including phenoxy) is 6. The predicted molar refractivity (Wildman–Crippen MR) is 255 cm³/mol. The van der Waals surface area contributed by atoms with Crippen molar-refractivity contribution in [2.45, 2.75) is 63.5 Å². The van der Waals surface area contributed by atoms with Crippen LogP contribution in [0.1, 0.15) is 59.1 Å². The zero-order chi connectivity index (χ0) is 55.3. The number of carbonyl (C=O) groups excluding carboxylic acids is 2. The lowest BCUT2D eigenvalue weighted by Crippen LogP contribution is -2.23. The lowest BCUT2D eigenvalue weighted by atomic mass is 9.95. The van der Waals surface area contributed by atoms with Crippen molar-refractivity contribution in [3.63, 3.8) is 0 Å². The first-order valence-electron chi connectivity index (χ1n) is 22.6. The van der Waals surface area contributed by atoms with Crippen molar-refractivity contribution < 1.29 is 90.7 Å². The van der Waals surface area contributed by atoms with E-state index in [0.717, 1.165) is 48.6 Å². The van der Waals surface area contributed by atoms with E-state index in [0.29, 0.717) is 69.0 Å². The maximum atomic E-state index is 15.0. The number of carbonyl (C=O) groups is 2. The molecule has 0 spiro atoms. The SMILES string of the molecule is Nc1ccc(-c2ccc(N)cc2COC(=O)/C=C/c2ccc(OC(F)(F)c3ccc(OCCCC(F)(F)F)cc3F)cc2)c(COC(=O)/C=C/c2ccc(OC(F)(F)c3ccc(OCCCC(F)(F)F)cc3F)cc2)c1. The van der Waals surface area contributed by atoms with Gasteiger partial charge in [0.1, 0.15) is 59.0 Å². The van der Waals surface area contributed by atoms with E-state index in [1.54, 1.807) is 36.4 Å². The van der Waals surface area contributed by atoms with Crippen molar-refractivity contribution in [3.05, 3.63) is 178 Å². The molecule has 0 heterocycles. The maximum absolute atomic E-state index is 15.0. The summed E-state index contributed by atoms with van der Waals surface area (Å²) in [7, 11) is 0. The van der Waals surface area contributed by atoms with Gasteiger partial charge in [-0.1, -0.05) is 36.4 Å². The minimum atomic E-state index is -4.41. The summed E-state index contributed by atoms with van der Waals surface area (Å²) in [6, 6.07) is 24.1. The molecule has 402 valence electrons. The molecular weight excluding hydrogens is 1030 g/mol. The Labute approximate surface area is 426 Å². The minimum absolute atomic E-state index is 0.246. The second-order valence-electron chi connectivity index (χ2n) is 16.5. The normalized spacial score (nSPS) is 12.2. The van der Waals surface area contributed by atoms with Gasteiger partial charge in [0.05, 0.1) is 13.2 Å². The van der Waals surface area contributed by atoms with E-state index >= 15 is 0 Å². The van der Waals surface area contributed by atoms with Crippen LogP contribution in [0.15, 0.2) is 133 Å². The third kappa shape index (κ3) is 17.4. The number of halogens is 12. The molecule has 0 aromatic heterocycles. The van der Waals surface area contributed by atoms with Gasteiger partial charge < -0.3 is 39.9 Å². The van der Waals surface area contributed by atoms with Gasteiger partial charge in [-0.05, 0) is 131 Å². The highest BCUT2D eigenvalue weighted by atomic mass is 19.4. The minimum Gasteiger partial charge on any atom is -0.493 e. The molecule has 0 bridgehead atoms. The summed E-state index contributed by atoms with van der Waals surface area (Å²) in [4.78, 5) is 25.7. The number of hydrogen-bond acceptors (Lipinski definition) is 10. The highest BCUT2D eigenvalue weighted by Crippen LogP contribution is 2.37. The first kappa shape index (κ1) is 57.0. The summed E-state index contributed by atoms with van der Waals surface area (Å²) in [6.07, 6.45) is -15.4. The molecule has 22 heteroatoms. The molecule has 6 rings (SSSR count). The summed E-state index contributed by atoms with van der Waals surface area (Å²) in [5.74, 6) is -5.67.